The van der Waals surface area contributed by atoms with Crippen LogP contribution in [0.15, 0.2) is 28.0 Å². The molecule has 1 aliphatic rings. The highest BCUT2D eigenvalue weighted by atomic mass is 35.5. The van der Waals surface area contributed by atoms with Gasteiger partial charge in [0.25, 0.3) is 0 Å². The molecule has 0 aliphatic carbocycles. The number of fused-ring (bicyclic) bond motifs is 1. The van der Waals surface area contributed by atoms with E-state index in [-0.39, 0.29) is 15.6 Å². The molecule has 1 aromatic carbocycles. The van der Waals surface area contributed by atoms with Crippen molar-refractivity contribution in [1.29, 1.82) is 0 Å². The van der Waals surface area contributed by atoms with Crippen LogP contribution in [0, 0.1) is 0 Å². The number of halogens is 1. The molecule has 1 aliphatic heterocycles. The molecular formula is C11H11ClO4S2. The molecule has 0 atom stereocenters. The third kappa shape index (κ3) is 2.32. The van der Waals surface area contributed by atoms with Gasteiger partial charge in [-0.05, 0) is 29.8 Å². The molecule has 4 nitrogen and oxygen atoms in total. The molecule has 0 spiro atoms. The standard InChI is InChI=1S/C11H11ClO4S2/c1-2-17(13,14)7-10-6-8-5-9(12)3-4-11(8)18(10,15)16/h3-6H,2,7H2,1H3. The van der Waals surface area contributed by atoms with Gasteiger partial charge in [0.05, 0.1) is 15.6 Å². The lowest BCUT2D eigenvalue weighted by Crippen LogP contribution is -2.14. The summed E-state index contributed by atoms with van der Waals surface area (Å²) in [7, 11) is -7.07. The first-order valence-corrected chi connectivity index (χ1v) is 8.90. The zero-order valence-corrected chi connectivity index (χ0v) is 11.9. The van der Waals surface area contributed by atoms with Gasteiger partial charge in [0.15, 0.2) is 9.84 Å². The normalized spacial score (nSPS) is 17.3. The van der Waals surface area contributed by atoms with E-state index < -0.39 is 25.4 Å². The van der Waals surface area contributed by atoms with Crippen LogP contribution in [-0.4, -0.2) is 28.3 Å². The maximum atomic E-state index is 12.1. The molecule has 1 heterocycles. The fourth-order valence-corrected chi connectivity index (χ4v) is 5.01. The first-order chi connectivity index (χ1) is 8.26. The van der Waals surface area contributed by atoms with Crippen LogP contribution >= 0.6 is 11.6 Å². The quantitative estimate of drug-likeness (QED) is 0.855. The largest absolute Gasteiger partial charge is 0.228 e. The SMILES string of the molecule is CCS(=O)(=O)CC1=Cc2cc(Cl)ccc2S1(=O)=O. The molecule has 0 radical (unpaired) electrons. The predicted octanol–water partition coefficient (Wildman–Crippen LogP) is 1.90. The fourth-order valence-electron chi connectivity index (χ4n) is 1.71. The summed E-state index contributed by atoms with van der Waals surface area (Å²) in [4.78, 5) is 0.0369. The highest BCUT2D eigenvalue weighted by Crippen LogP contribution is 2.34. The Morgan fingerprint density at radius 2 is 1.94 bits per heavy atom. The van der Waals surface area contributed by atoms with Gasteiger partial charge in [-0.3, -0.25) is 0 Å². The summed E-state index contributed by atoms with van der Waals surface area (Å²) in [5.41, 5.74) is 0.448. The molecule has 0 saturated heterocycles. The maximum absolute atomic E-state index is 12.1. The smallest absolute Gasteiger partial charge is 0.204 e. The summed E-state index contributed by atoms with van der Waals surface area (Å²) in [6, 6.07) is 4.39. The van der Waals surface area contributed by atoms with E-state index in [0.717, 1.165) is 0 Å². The summed E-state index contributed by atoms with van der Waals surface area (Å²) in [5, 5.41) is 0.416. The van der Waals surface area contributed by atoms with Crippen LogP contribution in [0.3, 0.4) is 0 Å². The Bertz CT molecular complexity index is 730. The molecule has 0 N–H and O–H groups in total. The van der Waals surface area contributed by atoms with Gasteiger partial charge in [-0.2, -0.15) is 0 Å². The summed E-state index contributed by atoms with van der Waals surface area (Å²) < 4.78 is 47.3. The lowest BCUT2D eigenvalue weighted by Gasteiger charge is -2.03. The minimum atomic E-state index is -3.68. The van der Waals surface area contributed by atoms with Crippen LogP contribution < -0.4 is 0 Å². The minimum absolute atomic E-state index is 0.0818. The van der Waals surface area contributed by atoms with Gasteiger partial charge >= 0.3 is 0 Å². The predicted molar refractivity (Wildman–Crippen MR) is 70.9 cm³/mol. The van der Waals surface area contributed by atoms with Crippen molar-refractivity contribution in [3.63, 3.8) is 0 Å². The Morgan fingerprint density at radius 3 is 2.56 bits per heavy atom. The van der Waals surface area contributed by atoms with E-state index in [1.54, 1.807) is 0 Å². The Hall–Kier alpha value is -0.850. The zero-order chi connectivity index (χ0) is 13.6. The molecule has 0 bridgehead atoms. The van der Waals surface area contributed by atoms with Crippen molar-refractivity contribution >= 4 is 37.4 Å². The van der Waals surface area contributed by atoms with Gasteiger partial charge in [-0.15, -0.1) is 0 Å². The summed E-state index contributed by atoms with van der Waals surface area (Å²) in [6.45, 7) is 1.49. The lowest BCUT2D eigenvalue weighted by atomic mass is 10.2. The average Bonchev–Trinajstić information content (AvgIpc) is 2.49. The first kappa shape index (κ1) is 13.6. The Labute approximate surface area is 111 Å². The van der Waals surface area contributed by atoms with Crippen molar-refractivity contribution < 1.29 is 16.8 Å². The van der Waals surface area contributed by atoms with Crippen molar-refractivity contribution in [3.8, 4) is 0 Å². The fraction of sp³-hybridized carbons (Fsp3) is 0.273. The van der Waals surface area contributed by atoms with Gasteiger partial charge in [-0.25, -0.2) is 16.8 Å². The highest BCUT2D eigenvalue weighted by molar-refractivity contribution is 7.98. The van der Waals surface area contributed by atoms with Crippen LogP contribution in [0.4, 0.5) is 0 Å². The van der Waals surface area contributed by atoms with E-state index in [4.69, 9.17) is 11.6 Å². The van der Waals surface area contributed by atoms with Crippen molar-refractivity contribution in [2.75, 3.05) is 11.5 Å². The topological polar surface area (TPSA) is 68.3 Å². The number of hydrogen-bond donors (Lipinski definition) is 0. The van der Waals surface area contributed by atoms with Crippen molar-refractivity contribution in [2.45, 2.75) is 11.8 Å². The first-order valence-electron chi connectivity index (χ1n) is 5.22. The third-order valence-electron chi connectivity index (χ3n) is 2.73. The highest BCUT2D eigenvalue weighted by Gasteiger charge is 2.32. The van der Waals surface area contributed by atoms with Crippen LogP contribution in [0.25, 0.3) is 6.08 Å². The molecule has 7 heteroatoms. The molecule has 98 valence electrons. The van der Waals surface area contributed by atoms with Crippen molar-refractivity contribution in [3.05, 3.63) is 33.7 Å². The summed E-state index contributed by atoms with van der Waals surface area (Å²) >= 11 is 5.78. The maximum Gasteiger partial charge on any atom is 0.204 e. The van der Waals surface area contributed by atoms with Crippen LogP contribution in [-0.2, 0) is 19.7 Å². The second-order valence-electron chi connectivity index (χ2n) is 3.97. The van der Waals surface area contributed by atoms with Gasteiger partial charge in [0.1, 0.15) is 0 Å². The second-order valence-corrected chi connectivity index (χ2v) is 8.73. The molecule has 2 rings (SSSR count). The van der Waals surface area contributed by atoms with E-state index in [2.05, 4.69) is 0 Å². The van der Waals surface area contributed by atoms with Gasteiger partial charge in [-0.1, -0.05) is 18.5 Å². The van der Waals surface area contributed by atoms with E-state index in [0.29, 0.717) is 10.6 Å². The Kier molecular flexibility index (Phi) is 3.29. The zero-order valence-electron chi connectivity index (χ0n) is 9.55. The Morgan fingerprint density at radius 1 is 1.28 bits per heavy atom. The van der Waals surface area contributed by atoms with E-state index in [1.165, 1.54) is 31.2 Å². The third-order valence-corrected chi connectivity index (χ3v) is 6.68. The minimum Gasteiger partial charge on any atom is -0.228 e. The summed E-state index contributed by atoms with van der Waals surface area (Å²) in [6.07, 6.45) is 1.38. The molecule has 0 amide bonds. The number of hydrogen-bond acceptors (Lipinski definition) is 4. The number of sulfone groups is 2. The monoisotopic (exact) mass is 306 g/mol. The number of benzene rings is 1. The Balaban J connectivity index is 2.52. The van der Waals surface area contributed by atoms with Crippen LogP contribution in [0.5, 0.6) is 0 Å². The van der Waals surface area contributed by atoms with Crippen molar-refractivity contribution in [1.82, 2.24) is 0 Å². The molecular weight excluding hydrogens is 296 g/mol. The lowest BCUT2D eigenvalue weighted by molar-refractivity contribution is 0.594. The van der Waals surface area contributed by atoms with E-state index in [1.807, 2.05) is 0 Å². The van der Waals surface area contributed by atoms with Gasteiger partial charge in [0.2, 0.25) is 9.84 Å². The molecule has 0 unspecified atom stereocenters. The van der Waals surface area contributed by atoms with Crippen LogP contribution in [0.1, 0.15) is 12.5 Å². The van der Waals surface area contributed by atoms with Gasteiger partial charge in [0, 0.05) is 10.8 Å². The molecule has 18 heavy (non-hydrogen) atoms. The van der Waals surface area contributed by atoms with Crippen molar-refractivity contribution in [2.24, 2.45) is 0 Å². The van der Waals surface area contributed by atoms with E-state index in [9.17, 15) is 16.8 Å². The second kappa shape index (κ2) is 4.36. The molecule has 0 fully saturated rings. The van der Waals surface area contributed by atoms with Crippen LogP contribution in [0.2, 0.25) is 5.02 Å². The number of rotatable bonds is 3. The van der Waals surface area contributed by atoms with E-state index >= 15 is 0 Å². The average molecular weight is 307 g/mol. The summed E-state index contributed by atoms with van der Waals surface area (Å²) in [5.74, 6) is -0.547. The molecule has 1 aromatic rings. The van der Waals surface area contributed by atoms with Gasteiger partial charge < -0.3 is 0 Å². The molecule has 0 saturated carbocycles. The molecule has 0 aromatic heterocycles.